The van der Waals surface area contributed by atoms with Crippen LogP contribution >= 0.6 is 11.3 Å². The lowest BCUT2D eigenvalue weighted by molar-refractivity contribution is 0.0543. The summed E-state index contributed by atoms with van der Waals surface area (Å²) in [6.07, 6.45) is 1.17. The van der Waals surface area contributed by atoms with Crippen molar-refractivity contribution in [2.45, 2.75) is 33.3 Å². The van der Waals surface area contributed by atoms with Gasteiger partial charge in [0.25, 0.3) is 0 Å². The van der Waals surface area contributed by atoms with Gasteiger partial charge in [-0.05, 0) is 52.0 Å². The van der Waals surface area contributed by atoms with Crippen LogP contribution in [0.25, 0.3) is 32.7 Å². The normalized spacial score (nSPS) is 11.5. The van der Waals surface area contributed by atoms with Crippen molar-refractivity contribution in [2.75, 3.05) is 5.73 Å². The quantitative estimate of drug-likeness (QED) is 0.457. The van der Waals surface area contributed by atoms with Gasteiger partial charge in [0.2, 0.25) is 0 Å². The third kappa shape index (κ3) is 4.00. The number of fused-ring (bicyclic) bond motifs is 1. The van der Waals surface area contributed by atoms with E-state index in [1.165, 1.54) is 15.9 Å². The monoisotopic (exact) mass is 431 g/mol. The molecular formula is C23H21N5O2S. The highest BCUT2D eigenvalue weighted by molar-refractivity contribution is 7.19. The van der Waals surface area contributed by atoms with Crippen LogP contribution in [0.15, 0.2) is 42.6 Å². The van der Waals surface area contributed by atoms with Crippen molar-refractivity contribution in [1.29, 1.82) is 5.26 Å². The minimum atomic E-state index is -0.620. The zero-order valence-electron chi connectivity index (χ0n) is 17.6. The number of carbonyl (C=O) groups is 1. The predicted molar refractivity (Wildman–Crippen MR) is 122 cm³/mol. The van der Waals surface area contributed by atoms with E-state index < -0.39 is 11.7 Å². The molecule has 156 valence electrons. The second kappa shape index (κ2) is 7.52. The number of ether oxygens (including phenoxy) is 1. The third-order valence-electron chi connectivity index (χ3n) is 4.53. The fourth-order valence-corrected chi connectivity index (χ4v) is 4.22. The molecule has 0 bridgehead atoms. The van der Waals surface area contributed by atoms with Crippen molar-refractivity contribution in [1.82, 2.24) is 14.5 Å². The Morgan fingerprint density at radius 2 is 2.00 bits per heavy atom. The number of hydrogen-bond donors (Lipinski definition) is 1. The van der Waals surface area contributed by atoms with E-state index in [0.717, 1.165) is 27.1 Å². The third-order valence-corrected chi connectivity index (χ3v) is 5.45. The predicted octanol–water partition coefficient (Wildman–Crippen LogP) is 5.37. The first-order chi connectivity index (χ1) is 14.7. The van der Waals surface area contributed by atoms with Crippen molar-refractivity contribution >= 4 is 33.6 Å². The van der Waals surface area contributed by atoms with Crippen LogP contribution in [0.5, 0.6) is 0 Å². The highest BCUT2D eigenvalue weighted by Gasteiger charge is 2.23. The fraction of sp³-hybridized carbons (Fsp3) is 0.217. The summed E-state index contributed by atoms with van der Waals surface area (Å²) in [5, 5.41) is 10.5. The summed E-state index contributed by atoms with van der Waals surface area (Å²) >= 11 is 1.36. The first-order valence-corrected chi connectivity index (χ1v) is 10.5. The number of hydrogen-bond acceptors (Lipinski definition) is 7. The molecule has 0 atom stereocenters. The maximum Gasteiger partial charge on any atom is 0.420 e. The summed E-state index contributed by atoms with van der Waals surface area (Å²) in [5.41, 5.74) is 9.62. The van der Waals surface area contributed by atoms with Crippen LogP contribution in [0.3, 0.4) is 0 Å². The highest BCUT2D eigenvalue weighted by atomic mass is 32.1. The SMILES string of the molecule is Cc1cc(-c2sc(N)nc2-c2cccc(C#N)c2)c2ccn(C(=O)OC(C)(C)C)c2n1. The molecule has 0 radical (unpaired) electrons. The van der Waals surface area contributed by atoms with Crippen LogP contribution in [0, 0.1) is 18.3 Å². The van der Waals surface area contributed by atoms with E-state index in [0.29, 0.717) is 22.0 Å². The Morgan fingerprint density at radius 1 is 1.23 bits per heavy atom. The van der Waals surface area contributed by atoms with Crippen molar-refractivity contribution in [3.05, 3.63) is 53.9 Å². The van der Waals surface area contributed by atoms with E-state index in [4.69, 9.17) is 10.5 Å². The summed E-state index contributed by atoms with van der Waals surface area (Å²) < 4.78 is 6.94. The Morgan fingerprint density at radius 3 is 2.71 bits per heavy atom. The van der Waals surface area contributed by atoms with Gasteiger partial charge in [-0.15, -0.1) is 0 Å². The second-order valence-corrected chi connectivity index (χ2v) is 9.17. The van der Waals surface area contributed by atoms with Crippen LogP contribution in [0.2, 0.25) is 0 Å². The summed E-state index contributed by atoms with van der Waals surface area (Å²) in [4.78, 5) is 22.7. The minimum Gasteiger partial charge on any atom is -0.443 e. The molecule has 2 N–H and O–H groups in total. The van der Waals surface area contributed by atoms with Crippen LogP contribution in [-0.2, 0) is 4.74 Å². The molecule has 0 fully saturated rings. The molecule has 0 saturated carbocycles. The van der Waals surface area contributed by atoms with Gasteiger partial charge in [0.05, 0.1) is 22.2 Å². The van der Waals surface area contributed by atoms with Gasteiger partial charge in [-0.2, -0.15) is 5.26 Å². The molecular weight excluding hydrogens is 410 g/mol. The summed E-state index contributed by atoms with van der Waals surface area (Å²) in [7, 11) is 0. The average Bonchev–Trinajstić information content (AvgIpc) is 3.29. The van der Waals surface area contributed by atoms with E-state index in [1.807, 2.05) is 52.0 Å². The number of aryl methyl sites for hydroxylation is 1. The van der Waals surface area contributed by atoms with Gasteiger partial charge < -0.3 is 10.5 Å². The molecule has 4 aromatic rings. The number of nitrogens with two attached hydrogens (primary N) is 1. The largest absolute Gasteiger partial charge is 0.443 e. The van der Waals surface area contributed by atoms with Crippen molar-refractivity contribution in [3.63, 3.8) is 0 Å². The van der Waals surface area contributed by atoms with Crippen LogP contribution in [0.1, 0.15) is 32.0 Å². The number of carbonyl (C=O) groups excluding carboxylic acids is 1. The summed E-state index contributed by atoms with van der Waals surface area (Å²) in [6, 6.07) is 13.2. The Kier molecular flexibility index (Phi) is 4.99. The second-order valence-electron chi connectivity index (χ2n) is 8.14. The van der Waals surface area contributed by atoms with E-state index in [2.05, 4.69) is 16.0 Å². The number of benzene rings is 1. The molecule has 0 unspecified atom stereocenters. The van der Waals surface area contributed by atoms with Crippen molar-refractivity contribution < 1.29 is 9.53 Å². The lowest BCUT2D eigenvalue weighted by Gasteiger charge is -2.19. The Hall–Kier alpha value is -3.70. The highest BCUT2D eigenvalue weighted by Crippen LogP contribution is 2.41. The molecule has 4 rings (SSSR count). The first kappa shape index (κ1) is 20.6. The smallest absolute Gasteiger partial charge is 0.420 e. The standard InChI is InChI=1S/C23H21N5O2S/c1-13-10-17(16-8-9-28(20(16)26-13)22(29)30-23(2,3)4)19-18(27-21(25)31-19)15-7-5-6-14(11-15)12-24/h5-11H,1-4H3,(H2,25,27). The van der Waals surface area contributed by atoms with Gasteiger partial charge in [-0.25, -0.2) is 19.3 Å². The molecule has 31 heavy (non-hydrogen) atoms. The molecule has 0 aliphatic rings. The van der Waals surface area contributed by atoms with E-state index in [1.54, 1.807) is 18.3 Å². The number of rotatable bonds is 2. The zero-order valence-corrected chi connectivity index (χ0v) is 18.4. The van der Waals surface area contributed by atoms with Crippen LogP contribution in [0.4, 0.5) is 9.93 Å². The zero-order chi connectivity index (χ0) is 22.3. The number of nitrogen functional groups attached to an aromatic ring is 1. The van der Waals surface area contributed by atoms with Gasteiger partial charge in [0.15, 0.2) is 5.13 Å². The number of nitrogens with zero attached hydrogens (tertiary/aromatic N) is 4. The van der Waals surface area contributed by atoms with Crippen molar-refractivity contribution in [3.8, 4) is 27.8 Å². The Bertz CT molecular complexity index is 1350. The van der Waals surface area contributed by atoms with Gasteiger partial charge in [-0.1, -0.05) is 23.5 Å². The molecule has 3 heterocycles. The number of aromatic nitrogens is 3. The lowest BCUT2D eigenvalue weighted by atomic mass is 10.0. The molecule has 7 nitrogen and oxygen atoms in total. The van der Waals surface area contributed by atoms with E-state index in [-0.39, 0.29) is 0 Å². The average molecular weight is 432 g/mol. The molecule has 0 aliphatic carbocycles. The summed E-state index contributed by atoms with van der Waals surface area (Å²) in [6.45, 7) is 7.34. The molecule has 8 heteroatoms. The van der Waals surface area contributed by atoms with E-state index in [9.17, 15) is 10.1 Å². The van der Waals surface area contributed by atoms with Gasteiger partial charge in [0, 0.05) is 28.4 Å². The molecule has 0 saturated heterocycles. The van der Waals surface area contributed by atoms with Crippen LogP contribution < -0.4 is 5.73 Å². The lowest BCUT2D eigenvalue weighted by Crippen LogP contribution is -2.26. The first-order valence-electron chi connectivity index (χ1n) is 9.65. The van der Waals surface area contributed by atoms with Gasteiger partial charge in [-0.3, -0.25) is 0 Å². The Balaban J connectivity index is 1.91. The molecule has 0 aliphatic heterocycles. The maximum absolute atomic E-state index is 12.7. The van der Waals surface area contributed by atoms with E-state index >= 15 is 0 Å². The van der Waals surface area contributed by atoms with Gasteiger partial charge >= 0.3 is 6.09 Å². The molecule has 1 aromatic carbocycles. The maximum atomic E-state index is 12.7. The van der Waals surface area contributed by atoms with Crippen molar-refractivity contribution in [2.24, 2.45) is 0 Å². The topological polar surface area (TPSA) is 107 Å². The summed E-state index contributed by atoms with van der Waals surface area (Å²) in [5.74, 6) is 0. The number of nitriles is 1. The number of thiazole rings is 1. The number of anilines is 1. The fourth-order valence-electron chi connectivity index (χ4n) is 3.33. The Labute approximate surface area is 183 Å². The minimum absolute atomic E-state index is 0.418. The van der Waals surface area contributed by atoms with Crippen LogP contribution in [-0.4, -0.2) is 26.2 Å². The molecule has 0 spiro atoms. The molecule has 3 aromatic heterocycles. The van der Waals surface area contributed by atoms with Gasteiger partial charge in [0.1, 0.15) is 11.2 Å². The number of pyridine rings is 1. The molecule has 0 amide bonds.